The Balaban J connectivity index is 1.32. The summed E-state index contributed by atoms with van der Waals surface area (Å²) < 4.78 is 7.40. The molecule has 1 aromatic heterocycles. The molecule has 4 aliphatic heterocycles. The van der Waals surface area contributed by atoms with Gasteiger partial charge < -0.3 is 9.32 Å². The average Bonchev–Trinajstić information content (AvgIpc) is 3.57. The summed E-state index contributed by atoms with van der Waals surface area (Å²) in [7, 11) is 0. The molecular weight excluding hydrogens is 655 g/mol. The molecule has 0 N–H and O–H groups in total. The number of hydrogen-bond donors (Lipinski definition) is 0. The van der Waals surface area contributed by atoms with E-state index >= 15 is 0 Å². The molecule has 4 aromatic carbocycles. The van der Waals surface area contributed by atoms with E-state index in [0.29, 0.717) is 0 Å². The van der Waals surface area contributed by atoms with Gasteiger partial charge >= 0.3 is 0 Å². The van der Waals surface area contributed by atoms with Gasteiger partial charge in [-0.3, -0.25) is 4.90 Å². The molecule has 0 radical (unpaired) electrons. The molecule has 1 fully saturated rings. The Kier molecular flexibility index (Phi) is 6.13. The number of hydrogen-bond acceptors (Lipinski definition) is 3. The molecule has 4 bridgehead atoms. The Labute approximate surface area is 323 Å². The minimum absolute atomic E-state index is 0.00370. The number of fused-ring (bicyclic) bond motifs is 5. The molecule has 54 heavy (non-hydrogen) atoms. The Morgan fingerprint density at radius 3 is 2.17 bits per heavy atom. The van der Waals surface area contributed by atoms with E-state index in [9.17, 15) is 0 Å². The van der Waals surface area contributed by atoms with Crippen molar-refractivity contribution in [3.05, 3.63) is 94.0 Å². The number of benzene rings is 4. The smallest absolute Gasteiger partial charge is 0.257 e. The molecule has 0 saturated heterocycles. The number of rotatable bonds is 1. The van der Waals surface area contributed by atoms with Crippen LogP contribution in [-0.2, 0) is 27.1 Å². The highest BCUT2D eigenvalue weighted by Gasteiger charge is 2.62. The van der Waals surface area contributed by atoms with E-state index in [1.165, 1.54) is 105 Å². The molecule has 5 aromatic rings. The third-order valence-corrected chi connectivity index (χ3v) is 16.2. The van der Waals surface area contributed by atoms with Crippen molar-refractivity contribution in [3.63, 3.8) is 0 Å². The van der Waals surface area contributed by atoms with Crippen LogP contribution in [0, 0.1) is 6.92 Å². The van der Waals surface area contributed by atoms with Crippen LogP contribution >= 0.6 is 0 Å². The third-order valence-electron chi connectivity index (χ3n) is 16.2. The number of anilines is 5. The molecule has 11 rings (SSSR count). The lowest BCUT2D eigenvalue weighted by Gasteiger charge is -2.52. The second-order valence-electron chi connectivity index (χ2n) is 21.6. The summed E-state index contributed by atoms with van der Waals surface area (Å²) in [6.07, 6.45) is 8.53. The Bertz CT molecular complexity index is 2500. The lowest BCUT2D eigenvalue weighted by Crippen LogP contribution is -2.64. The van der Waals surface area contributed by atoms with Gasteiger partial charge in [0, 0.05) is 39.0 Å². The summed E-state index contributed by atoms with van der Waals surface area (Å²) in [6.45, 7) is 27.2. The van der Waals surface area contributed by atoms with Crippen LogP contribution in [0.4, 0.5) is 28.6 Å². The van der Waals surface area contributed by atoms with Crippen LogP contribution in [0.3, 0.4) is 0 Å². The van der Waals surface area contributed by atoms with E-state index in [0.717, 1.165) is 17.9 Å². The lowest BCUT2D eigenvalue weighted by molar-refractivity contribution is 0.194. The first-order chi connectivity index (χ1) is 25.4. The van der Waals surface area contributed by atoms with Crippen molar-refractivity contribution in [2.45, 2.75) is 154 Å². The van der Waals surface area contributed by atoms with Gasteiger partial charge in [0.15, 0.2) is 0 Å². The van der Waals surface area contributed by atoms with Crippen molar-refractivity contribution >= 4 is 62.7 Å². The molecule has 2 aliphatic carbocycles. The molecule has 5 heterocycles. The minimum atomic E-state index is -0.00433. The highest BCUT2D eigenvalue weighted by molar-refractivity contribution is 7.01. The Morgan fingerprint density at radius 1 is 0.704 bits per heavy atom. The highest BCUT2D eigenvalue weighted by atomic mass is 16.4. The van der Waals surface area contributed by atoms with E-state index in [1.807, 2.05) is 0 Å². The molecule has 6 aliphatic rings. The molecular formula is C50H57BN2O. The molecule has 1 saturated carbocycles. The van der Waals surface area contributed by atoms with Gasteiger partial charge in [-0.05, 0) is 148 Å². The van der Waals surface area contributed by atoms with Crippen molar-refractivity contribution in [1.29, 1.82) is 0 Å². The fourth-order valence-corrected chi connectivity index (χ4v) is 13.0. The Morgan fingerprint density at radius 2 is 1.43 bits per heavy atom. The number of aryl methyl sites for hydroxylation is 1. The minimum Gasteiger partial charge on any atom is -0.440 e. The first-order valence-corrected chi connectivity index (χ1v) is 21.0. The summed E-state index contributed by atoms with van der Waals surface area (Å²) in [5, 5.41) is 1.31. The van der Waals surface area contributed by atoms with Gasteiger partial charge in [-0.2, -0.15) is 0 Å². The maximum Gasteiger partial charge on any atom is 0.257 e. The molecule has 3 unspecified atom stereocenters. The summed E-state index contributed by atoms with van der Waals surface area (Å²) >= 11 is 0. The van der Waals surface area contributed by atoms with Crippen LogP contribution in [-0.4, -0.2) is 12.3 Å². The van der Waals surface area contributed by atoms with Crippen LogP contribution in [0.1, 0.15) is 148 Å². The first kappa shape index (κ1) is 33.4. The van der Waals surface area contributed by atoms with Crippen LogP contribution in [0.5, 0.6) is 0 Å². The number of furan rings is 1. The van der Waals surface area contributed by atoms with E-state index in [2.05, 4.69) is 147 Å². The molecule has 3 atom stereocenters. The molecule has 3 nitrogen and oxygen atoms in total. The van der Waals surface area contributed by atoms with Crippen LogP contribution in [0.2, 0.25) is 0 Å². The molecule has 4 heteroatoms. The van der Waals surface area contributed by atoms with Crippen molar-refractivity contribution in [2.24, 2.45) is 0 Å². The van der Waals surface area contributed by atoms with Crippen molar-refractivity contribution in [3.8, 4) is 0 Å². The standard InChI is InChI=1S/C50H57BN2O/c1-29-22-38-42-39(23-29)53-43-36(49(10)18-12-13-19-50(49,53)11)24-31-25-37(43)51(42)41-33-26-35-34(46(5,6)20-21-48(35,9)28-47(31,7)8)27-40(33)54-44(41)52(38)32-16-14-30(15-17-32)45(2,3)4/h14-17,22-27H,12-13,18-21,28H2,1-11H3. The van der Waals surface area contributed by atoms with Gasteiger partial charge in [0.25, 0.3) is 6.71 Å². The highest BCUT2D eigenvalue weighted by Crippen LogP contribution is 2.63. The molecule has 0 spiro atoms. The SMILES string of the molecule is Cc1cc2c3c(c1)N1c4c5cc(cc4C4(C)CCCCC14C)C(C)(C)CC1(C)CCC(C)(C)c4cc6oc(c(c6cc41)B53)N2c1ccc(C(C)(C)C)cc1. The zero-order valence-corrected chi connectivity index (χ0v) is 34.6. The molecule has 0 amide bonds. The van der Waals surface area contributed by atoms with Gasteiger partial charge in [0.1, 0.15) is 5.58 Å². The second-order valence-corrected chi connectivity index (χ2v) is 21.6. The predicted octanol–water partition coefficient (Wildman–Crippen LogP) is 11.4. The summed E-state index contributed by atoms with van der Waals surface area (Å²) in [6, 6.07) is 24.9. The van der Waals surface area contributed by atoms with Crippen LogP contribution in [0.25, 0.3) is 11.0 Å². The largest absolute Gasteiger partial charge is 0.440 e. The van der Waals surface area contributed by atoms with Gasteiger partial charge in [-0.15, -0.1) is 0 Å². The number of nitrogens with zero attached hydrogens (tertiary/aromatic N) is 2. The van der Waals surface area contributed by atoms with Gasteiger partial charge in [-0.1, -0.05) is 99.4 Å². The normalized spacial score (nSPS) is 27.8. The van der Waals surface area contributed by atoms with Crippen molar-refractivity contribution in [1.82, 2.24) is 0 Å². The predicted molar refractivity (Wildman–Crippen MR) is 229 cm³/mol. The third kappa shape index (κ3) is 3.91. The van der Waals surface area contributed by atoms with Gasteiger partial charge in [-0.25, -0.2) is 0 Å². The average molecular weight is 713 g/mol. The summed E-state index contributed by atoms with van der Waals surface area (Å²) in [4.78, 5) is 5.39. The fourth-order valence-electron chi connectivity index (χ4n) is 13.0. The van der Waals surface area contributed by atoms with E-state index in [4.69, 9.17) is 4.42 Å². The maximum atomic E-state index is 7.40. The zero-order chi connectivity index (χ0) is 37.7. The van der Waals surface area contributed by atoms with Gasteiger partial charge in [0.2, 0.25) is 5.88 Å². The summed E-state index contributed by atoms with van der Waals surface area (Å²) in [5.41, 5.74) is 19.8. The first-order valence-electron chi connectivity index (χ1n) is 21.0. The lowest BCUT2D eigenvalue weighted by atomic mass is 9.33. The van der Waals surface area contributed by atoms with Crippen molar-refractivity contribution < 1.29 is 4.42 Å². The van der Waals surface area contributed by atoms with E-state index in [1.54, 1.807) is 11.1 Å². The van der Waals surface area contributed by atoms with Crippen molar-refractivity contribution in [2.75, 3.05) is 9.80 Å². The van der Waals surface area contributed by atoms with E-state index < -0.39 is 0 Å². The van der Waals surface area contributed by atoms with Crippen LogP contribution in [0.15, 0.2) is 65.1 Å². The molecule has 276 valence electrons. The zero-order valence-electron chi connectivity index (χ0n) is 34.6. The quantitative estimate of drug-likeness (QED) is 0.158. The fraction of sp³-hybridized carbons (Fsp3) is 0.480. The topological polar surface area (TPSA) is 19.6 Å². The Hall–Kier alpha value is -3.92. The second kappa shape index (κ2) is 9.90. The van der Waals surface area contributed by atoms with Crippen LogP contribution < -0.4 is 26.2 Å². The maximum absolute atomic E-state index is 7.40. The summed E-state index contributed by atoms with van der Waals surface area (Å²) in [5.74, 6) is 1.00. The van der Waals surface area contributed by atoms with Gasteiger partial charge in [0.05, 0.1) is 5.54 Å². The monoisotopic (exact) mass is 712 g/mol. The van der Waals surface area contributed by atoms with E-state index in [-0.39, 0.29) is 39.3 Å².